The van der Waals surface area contributed by atoms with Gasteiger partial charge in [-0.25, -0.2) is 23.4 Å². The van der Waals surface area contributed by atoms with Gasteiger partial charge in [-0.05, 0) is 31.2 Å². The van der Waals surface area contributed by atoms with E-state index in [-0.39, 0.29) is 10.8 Å². The maximum Gasteiger partial charge on any atom is 0.250 e. The van der Waals surface area contributed by atoms with E-state index in [9.17, 15) is 8.42 Å². The average Bonchev–Trinajstić information content (AvgIpc) is 3.17. The SMILES string of the molecule is CCOSOc1cc(Oc2ccccn2)cnc1-c1nc2cc(S(C)(=O)=O)ccc2o1. The third kappa shape index (κ3) is 4.95. The van der Waals surface area contributed by atoms with E-state index >= 15 is 0 Å². The number of sulfone groups is 1. The molecule has 9 nitrogen and oxygen atoms in total. The summed E-state index contributed by atoms with van der Waals surface area (Å²) in [6.45, 7) is 2.27. The molecule has 0 aliphatic rings. The van der Waals surface area contributed by atoms with E-state index in [4.69, 9.17) is 17.5 Å². The number of nitrogens with zero attached hydrogens (tertiary/aromatic N) is 3. The predicted octanol–water partition coefficient (Wildman–Crippen LogP) is 4.46. The lowest BCUT2D eigenvalue weighted by Gasteiger charge is -2.09. The molecule has 4 rings (SSSR count). The Labute approximate surface area is 182 Å². The zero-order valence-electron chi connectivity index (χ0n) is 16.5. The van der Waals surface area contributed by atoms with Crippen molar-refractivity contribution in [3.8, 4) is 29.0 Å². The number of aromatic nitrogens is 3. The Balaban J connectivity index is 1.71. The van der Waals surface area contributed by atoms with Crippen molar-refractivity contribution in [2.24, 2.45) is 0 Å². The van der Waals surface area contributed by atoms with Gasteiger partial charge in [-0.1, -0.05) is 6.07 Å². The van der Waals surface area contributed by atoms with E-state index in [1.54, 1.807) is 36.5 Å². The standard InChI is InChI=1S/C20H17N3O6S2/c1-3-26-30-29-17-10-13(27-18-6-4-5-9-21-18)12-22-19(17)20-23-15-11-14(31(2,24)25)7-8-16(15)28-20/h4-12H,3H2,1-2H3. The van der Waals surface area contributed by atoms with Crippen molar-refractivity contribution in [2.75, 3.05) is 12.9 Å². The maximum absolute atomic E-state index is 11.8. The molecule has 0 saturated carbocycles. The molecule has 0 fully saturated rings. The molecule has 11 heteroatoms. The predicted molar refractivity (Wildman–Crippen MR) is 115 cm³/mol. The smallest absolute Gasteiger partial charge is 0.250 e. The van der Waals surface area contributed by atoms with Crippen LogP contribution in [0.3, 0.4) is 0 Å². The van der Waals surface area contributed by atoms with Crippen LogP contribution in [0.2, 0.25) is 0 Å². The van der Waals surface area contributed by atoms with Crippen LogP contribution in [0.1, 0.15) is 6.92 Å². The second-order valence-corrected chi connectivity index (χ2v) is 8.82. The first-order valence-corrected chi connectivity index (χ1v) is 11.7. The van der Waals surface area contributed by atoms with Gasteiger partial charge in [0.25, 0.3) is 0 Å². The first-order chi connectivity index (χ1) is 14.9. The van der Waals surface area contributed by atoms with Crippen LogP contribution in [0, 0.1) is 0 Å². The van der Waals surface area contributed by atoms with Crippen molar-refractivity contribution in [1.82, 2.24) is 15.0 Å². The van der Waals surface area contributed by atoms with Gasteiger partial charge in [0, 0.05) is 24.6 Å². The van der Waals surface area contributed by atoms with Gasteiger partial charge < -0.3 is 13.3 Å². The van der Waals surface area contributed by atoms with Gasteiger partial charge in [0.1, 0.15) is 5.52 Å². The Hall–Kier alpha value is -3.15. The van der Waals surface area contributed by atoms with Crippen molar-refractivity contribution >= 4 is 33.3 Å². The molecule has 0 radical (unpaired) electrons. The molecule has 3 heterocycles. The highest BCUT2D eigenvalue weighted by Crippen LogP contribution is 2.35. The summed E-state index contributed by atoms with van der Waals surface area (Å²) >= 11 is 0.783. The second kappa shape index (κ2) is 8.92. The van der Waals surface area contributed by atoms with E-state index in [0.717, 1.165) is 18.6 Å². The summed E-state index contributed by atoms with van der Waals surface area (Å²) in [7, 11) is -3.37. The number of ether oxygens (including phenoxy) is 1. The first-order valence-electron chi connectivity index (χ1n) is 9.10. The van der Waals surface area contributed by atoms with E-state index in [2.05, 4.69) is 15.0 Å². The van der Waals surface area contributed by atoms with Gasteiger partial charge in [0.15, 0.2) is 32.6 Å². The number of fused-ring (bicyclic) bond motifs is 1. The van der Waals surface area contributed by atoms with E-state index in [1.807, 2.05) is 6.92 Å². The quantitative estimate of drug-likeness (QED) is 0.276. The molecule has 0 N–H and O–H groups in total. The van der Waals surface area contributed by atoms with E-state index in [0.29, 0.717) is 40.8 Å². The number of hydrogen-bond acceptors (Lipinski definition) is 10. The lowest BCUT2D eigenvalue weighted by Crippen LogP contribution is -1.96. The normalized spacial score (nSPS) is 11.5. The molecular formula is C20H17N3O6S2. The largest absolute Gasteiger partial charge is 0.437 e. The topological polar surface area (TPSA) is 114 Å². The molecule has 0 aliphatic carbocycles. The van der Waals surface area contributed by atoms with Crippen LogP contribution >= 0.6 is 12.3 Å². The third-order valence-corrected chi connectivity index (χ3v) is 5.66. The summed E-state index contributed by atoms with van der Waals surface area (Å²) in [6.07, 6.45) is 4.23. The highest BCUT2D eigenvalue weighted by Gasteiger charge is 2.19. The molecule has 31 heavy (non-hydrogen) atoms. The Morgan fingerprint density at radius 3 is 2.74 bits per heavy atom. The highest BCUT2D eigenvalue weighted by atomic mass is 32.2. The minimum absolute atomic E-state index is 0.148. The van der Waals surface area contributed by atoms with Crippen molar-refractivity contribution < 1.29 is 25.9 Å². The van der Waals surface area contributed by atoms with Crippen molar-refractivity contribution in [1.29, 1.82) is 0 Å². The molecular weight excluding hydrogens is 442 g/mol. The fourth-order valence-electron chi connectivity index (χ4n) is 2.58. The lowest BCUT2D eigenvalue weighted by molar-refractivity contribution is 0.368. The fourth-order valence-corrected chi connectivity index (χ4v) is 3.57. The number of oxazole rings is 1. The third-order valence-electron chi connectivity index (χ3n) is 3.97. The van der Waals surface area contributed by atoms with Gasteiger partial charge in [-0.2, -0.15) is 0 Å². The number of rotatable bonds is 8. The van der Waals surface area contributed by atoms with Crippen LogP contribution in [0.5, 0.6) is 17.4 Å². The Morgan fingerprint density at radius 1 is 1.13 bits per heavy atom. The molecule has 0 unspecified atom stereocenters. The van der Waals surface area contributed by atoms with Gasteiger partial charge in [0.05, 0.1) is 17.7 Å². The molecule has 4 aromatic rings. The van der Waals surface area contributed by atoms with Crippen LogP contribution in [-0.4, -0.2) is 36.2 Å². The summed E-state index contributed by atoms with van der Waals surface area (Å²) in [5.74, 6) is 1.25. The van der Waals surface area contributed by atoms with Gasteiger partial charge in [0.2, 0.25) is 24.1 Å². The zero-order chi connectivity index (χ0) is 21.8. The summed E-state index contributed by atoms with van der Waals surface area (Å²) < 4.78 is 45.9. The van der Waals surface area contributed by atoms with Gasteiger partial charge in [-0.15, -0.1) is 0 Å². The molecule has 160 valence electrons. The molecule has 1 aromatic carbocycles. The number of benzene rings is 1. The number of pyridine rings is 2. The molecule has 0 spiro atoms. The van der Waals surface area contributed by atoms with E-state index in [1.165, 1.54) is 18.3 Å². The molecule has 0 aliphatic heterocycles. The number of hydrogen-bond donors (Lipinski definition) is 0. The molecule has 0 bridgehead atoms. The van der Waals surface area contributed by atoms with Gasteiger partial charge in [-0.3, -0.25) is 4.18 Å². The lowest BCUT2D eigenvalue weighted by atomic mass is 10.3. The monoisotopic (exact) mass is 459 g/mol. The minimum Gasteiger partial charge on any atom is -0.437 e. The summed E-state index contributed by atoms with van der Waals surface area (Å²) in [6, 6.07) is 11.4. The average molecular weight is 460 g/mol. The zero-order valence-corrected chi connectivity index (χ0v) is 18.1. The van der Waals surface area contributed by atoms with Gasteiger partial charge >= 0.3 is 0 Å². The molecule has 0 saturated heterocycles. The van der Waals surface area contributed by atoms with Crippen LogP contribution < -0.4 is 8.92 Å². The van der Waals surface area contributed by atoms with Crippen molar-refractivity contribution in [3.05, 3.63) is 54.9 Å². The summed E-state index contributed by atoms with van der Waals surface area (Å²) in [4.78, 5) is 13.0. The Kier molecular flexibility index (Phi) is 6.07. The van der Waals surface area contributed by atoms with Crippen molar-refractivity contribution in [2.45, 2.75) is 11.8 Å². The Bertz CT molecular complexity index is 1310. The fraction of sp³-hybridized carbons (Fsp3) is 0.150. The van der Waals surface area contributed by atoms with Crippen LogP contribution in [0.4, 0.5) is 0 Å². The summed E-state index contributed by atoms with van der Waals surface area (Å²) in [5.41, 5.74) is 1.11. The van der Waals surface area contributed by atoms with Crippen LogP contribution in [0.25, 0.3) is 22.7 Å². The minimum atomic E-state index is -3.37. The second-order valence-electron chi connectivity index (χ2n) is 6.27. The maximum atomic E-state index is 11.8. The molecule has 3 aromatic heterocycles. The van der Waals surface area contributed by atoms with E-state index < -0.39 is 9.84 Å². The Morgan fingerprint density at radius 2 is 2.00 bits per heavy atom. The summed E-state index contributed by atoms with van der Waals surface area (Å²) in [5, 5.41) is 0. The van der Waals surface area contributed by atoms with Crippen LogP contribution in [0.15, 0.2) is 64.2 Å². The highest BCUT2D eigenvalue weighted by molar-refractivity contribution is 7.90. The molecule has 0 atom stereocenters. The van der Waals surface area contributed by atoms with Crippen molar-refractivity contribution in [3.63, 3.8) is 0 Å². The first kappa shape index (κ1) is 21.1. The molecule has 0 amide bonds. The van der Waals surface area contributed by atoms with Crippen LogP contribution in [-0.2, 0) is 14.0 Å².